The molecule has 6 heteroatoms. The van der Waals surface area contributed by atoms with Gasteiger partial charge in [0.1, 0.15) is 5.75 Å². The Morgan fingerprint density at radius 1 is 1.08 bits per heavy atom. The molecule has 24 heavy (non-hydrogen) atoms. The summed E-state index contributed by atoms with van der Waals surface area (Å²) in [5.74, 6) is -0.131. The highest BCUT2D eigenvalue weighted by Gasteiger charge is 2.10. The number of hydrogen-bond acceptors (Lipinski definition) is 4. The summed E-state index contributed by atoms with van der Waals surface area (Å²) in [6.07, 6.45) is 3.04. The number of benzene rings is 2. The number of halogens is 1. The first-order valence-electron chi connectivity index (χ1n) is 7.04. The van der Waals surface area contributed by atoms with Gasteiger partial charge in [0.05, 0.1) is 30.5 Å². The number of esters is 1. The predicted molar refractivity (Wildman–Crippen MR) is 93.4 cm³/mol. The first-order valence-corrected chi connectivity index (χ1v) is 7.42. The normalized spacial score (nSPS) is 10.5. The topological polar surface area (TPSA) is 64.6 Å². The molecule has 124 valence electrons. The Bertz CT molecular complexity index is 769. The zero-order valence-electron chi connectivity index (χ0n) is 13.2. The molecular formula is C18H16ClNO4. The molecule has 0 fully saturated rings. The average molecular weight is 346 g/mol. The van der Waals surface area contributed by atoms with E-state index in [1.807, 2.05) is 12.1 Å². The van der Waals surface area contributed by atoms with E-state index in [9.17, 15) is 9.59 Å². The third-order valence-electron chi connectivity index (χ3n) is 3.19. The monoisotopic (exact) mass is 345 g/mol. The van der Waals surface area contributed by atoms with Crippen molar-refractivity contribution in [2.24, 2.45) is 0 Å². The van der Waals surface area contributed by atoms with Crippen LogP contribution in [0.25, 0.3) is 6.08 Å². The van der Waals surface area contributed by atoms with Gasteiger partial charge in [-0.2, -0.15) is 0 Å². The van der Waals surface area contributed by atoms with Crippen LogP contribution in [-0.4, -0.2) is 26.1 Å². The van der Waals surface area contributed by atoms with Crippen LogP contribution in [-0.2, 0) is 9.53 Å². The molecule has 0 unspecified atom stereocenters. The van der Waals surface area contributed by atoms with Crippen molar-refractivity contribution in [1.29, 1.82) is 0 Å². The number of amides is 1. The smallest absolute Gasteiger partial charge is 0.337 e. The molecule has 1 N–H and O–H groups in total. The first-order chi connectivity index (χ1) is 11.5. The van der Waals surface area contributed by atoms with Gasteiger partial charge in [-0.1, -0.05) is 23.7 Å². The first kappa shape index (κ1) is 17.6. The third kappa shape index (κ3) is 4.60. The van der Waals surface area contributed by atoms with Gasteiger partial charge in [0.15, 0.2) is 0 Å². The van der Waals surface area contributed by atoms with Crippen molar-refractivity contribution in [3.05, 3.63) is 64.7 Å². The lowest BCUT2D eigenvalue weighted by atomic mass is 10.2. The van der Waals surface area contributed by atoms with Crippen LogP contribution in [0.5, 0.6) is 5.75 Å². The van der Waals surface area contributed by atoms with Gasteiger partial charge in [0.2, 0.25) is 5.91 Å². The molecule has 0 saturated heterocycles. The third-order valence-corrected chi connectivity index (χ3v) is 3.52. The summed E-state index contributed by atoms with van der Waals surface area (Å²) in [5, 5.41) is 2.96. The maximum Gasteiger partial charge on any atom is 0.337 e. The Morgan fingerprint density at radius 2 is 1.79 bits per heavy atom. The number of hydrogen-bond donors (Lipinski definition) is 1. The van der Waals surface area contributed by atoms with E-state index in [4.69, 9.17) is 16.3 Å². The zero-order chi connectivity index (χ0) is 17.5. The van der Waals surface area contributed by atoms with Crippen LogP contribution in [0.2, 0.25) is 5.02 Å². The predicted octanol–water partition coefficient (Wildman–Crippen LogP) is 3.79. The van der Waals surface area contributed by atoms with Gasteiger partial charge < -0.3 is 14.8 Å². The van der Waals surface area contributed by atoms with E-state index in [0.29, 0.717) is 16.3 Å². The highest BCUT2D eigenvalue weighted by Crippen LogP contribution is 2.23. The molecule has 0 aromatic heterocycles. The van der Waals surface area contributed by atoms with Gasteiger partial charge in [-0.3, -0.25) is 4.79 Å². The van der Waals surface area contributed by atoms with E-state index < -0.39 is 5.97 Å². The minimum Gasteiger partial charge on any atom is -0.497 e. The highest BCUT2D eigenvalue weighted by molar-refractivity contribution is 6.34. The van der Waals surface area contributed by atoms with Gasteiger partial charge in [-0.05, 0) is 42.0 Å². The highest BCUT2D eigenvalue weighted by atomic mass is 35.5. The molecule has 0 radical (unpaired) electrons. The van der Waals surface area contributed by atoms with Crippen LogP contribution in [0.4, 0.5) is 5.69 Å². The lowest BCUT2D eigenvalue weighted by Crippen LogP contribution is -2.09. The molecule has 0 aliphatic carbocycles. The summed E-state index contributed by atoms with van der Waals surface area (Å²) in [6, 6.07) is 11.8. The zero-order valence-corrected chi connectivity index (χ0v) is 14.0. The van der Waals surface area contributed by atoms with Crippen molar-refractivity contribution in [3.8, 4) is 5.75 Å². The van der Waals surface area contributed by atoms with Crippen LogP contribution in [0.15, 0.2) is 48.5 Å². The van der Waals surface area contributed by atoms with E-state index in [1.54, 1.807) is 25.3 Å². The van der Waals surface area contributed by atoms with Crippen LogP contribution < -0.4 is 10.1 Å². The van der Waals surface area contributed by atoms with Crippen molar-refractivity contribution >= 4 is 35.2 Å². The molecule has 2 aromatic rings. The fourth-order valence-electron chi connectivity index (χ4n) is 1.93. The largest absolute Gasteiger partial charge is 0.497 e. The molecule has 0 atom stereocenters. The van der Waals surface area contributed by atoms with Crippen LogP contribution in [0.1, 0.15) is 15.9 Å². The van der Waals surface area contributed by atoms with Gasteiger partial charge in [-0.25, -0.2) is 4.79 Å². The number of methoxy groups -OCH3 is 2. The number of rotatable bonds is 5. The Labute approximate surface area is 144 Å². The van der Waals surface area contributed by atoms with Crippen molar-refractivity contribution < 1.29 is 19.1 Å². The van der Waals surface area contributed by atoms with Crippen LogP contribution in [0.3, 0.4) is 0 Å². The number of carbonyl (C=O) groups excluding carboxylic acids is 2. The molecule has 2 rings (SSSR count). The molecule has 0 heterocycles. The summed E-state index contributed by atoms with van der Waals surface area (Å²) in [7, 11) is 2.87. The second-order valence-corrected chi connectivity index (χ2v) is 5.19. The van der Waals surface area contributed by atoms with E-state index in [-0.39, 0.29) is 5.91 Å². The number of anilines is 1. The summed E-state index contributed by atoms with van der Waals surface area (Å²) >= 11 is 6.03. The van der Waals surface area contributed by atoms with E-state index in [0.717, 1.165) is 11.3 Å². The Morgan fingerprint density at radius 3 is 2.42 bits per heavy atom. The minimum absolute atomic E-state index is 0.302. The number of carbonyl (C=O) groups is 2. The lowest BCUT2D eigenvalue weighted by Gasteiger charge is -2.07. The maximum absolute atomic E-state index is 12.0. The standard InChI is InChI=1S/C18H16ClNO4/c1-23-14-7-3-12(4-8-14)5-10-17(21)20-16-11-13(18(22)24-2)6-9-15(16)19/h3-11H,1-2H3,(H,20,21)/b10-5-. The van der Waals surface area contributed by atoms with Gasteiger partial charge in [0.25, 0.3) is 0 Å². The number of nitrogens with one attached hydrogen (secondary N) is 1. The molecule has 0 saturated carbocycles. The van der Waals surface area contributed by atoms with Crippen molar-refractivity contribution in [2.75, 3.05) is 19.5 Å². The number of ether oxygens (including phenoxy) is 2. The van der Waals surface area contributed by atoms with E-state index in [2.05, 4.69) is 10.1 Å². The van der Waals surface area contributed by atoms with Crippen molar-refractivity contribution in [1.82, 2.24) is 0 Å². The summed E-state index contributed by atoms with van der Waals surface area (Å²) in [5.41, 5.74) is 1.49. The maximum atomic E-state index is 12.0. The van der Waals surface area contributed by atoms with Gasteiger partial charge in [0, 0.05) is 6.08 Å². The fourth-order valence-corrected chi connectivity index (χ4v) is 2.09. The molecule has 5 nitrogen and oxygen atoms in total. The van der Waals surface area contributed by atoms with Crippen molar-refractivity contribution in [2.45, 2.75) is 0 Å². The SMILES string of the molecule is COC(=O)c1ccc(Cl)c(NC(=O)/C=C\c2ccc(OC)cc2)c1. The summed E-state index contributed by atoms with van der Waals surface area (Å²) in [4.78, 5) is 23.5. The molecule has 0 aliphatic heterocycles. The molecular weight excluding hydrogens is 330 g/mol. The molecule has 0 aliphatic rings. The van der Waals surface area contributed by atoms with E-state index >= 15 is 0 Å². The molecule has 2 aromatic carbocycles. The molecule has 0 bridgehead atoms. The van der Waals surface area contributed by atoms with Crippen LogP contribution >= 0.6 is 11.6 Å². The summed E-state index contributed by atoms with van der Waals surface area (Å²) < 4.78 is 9.71. The second-order valence-electron chi connectivity index (χ2n) is 4.78. The second kappa shape index (κ2) is 8.17. The lowest BCUT2D eigenvalue weighted by molar-refractivity contribution is -0.111. The van der Waals surface area contributed by atoms with Crippen molar-refractivity contribution in [3.63, 3.8) is 0 Å². The quantitative estimate of drug-likeness (QED) is 0.661. The average Bonchev–Trinajstić information content (AvgIpc) is 2.61. The Kier molecular flexibility index (Phi) is 5.98. The van der Waals surface area contributed by atoms with Crippen LogP contribution in [0, 0.1) is 0 Å². The fraction of sp³-hybridized carbons (Fsp3) is 0.111. The van der Waals surface area contributed by atoms with Gasteiger partial charge in [-0.15, -0.1) is 0 Å². The summed E-state index contributed by atoms with van der Waals surface area (Å²) in [6.45, 7) is 0. The van der Waals surface area contributed by atoms with Gasteiger partial charge >= 0.3 is 5.97 Å². The molecule has 1 amide bonds. The molecule has 0 spiro atoms. The Balaban J connectivity index is 2.08. The Hall–Kier alpha value is -2.79. The van der Waals surface area contributed by atoms with E-state index in [1.165, 1.54) is 31.4 Å². The minimum atomic E-state index is -0.504.